The maximum absolute atomic E-state index is 11.1. The maximum atomic E-state index is 11.1. The van der Waals surface area contributed by atoms with Crippen molar-refractivity contribution in [3.63, 3.8) is 0 Å². The molecule has 7 nitrogen and oxygen atoms in total. The SMILES string of the molecule is CCCOc1nc(Cl)nc(N(CC(N)=O)C(C)C)n1. The second-order valence-electron chi connectivity index (χ2n) is 4.22. The Balaban J connectivity index is 3.01. The topological polar surface area (TPSA) is 94.2 Å². The average Bonchev–Trinajstić information content (AvgIpc) is 2.32. The molecule has 1 heterocycles. The molecule has 0 aliphatic rings. The van der Waals surface area contributed by atoms with Gasteiger partial charge in [0.05, 0.1) is 13.2 Å². The number of carbonyl (C=O) groups excluding carboxylic acids is 1. The molecule has 0 fully saturated rings. The number of amides is 1. The molecular formula is C11H18ClN5O2. The number of halogens is 1. The maximum Gasteiger partial charge on any atom is 0.322 e. The van der Waals surface area contributed by atoms with Crippen molar-refractivity contribution < 1.29 is 9.53 Å². The zero-order valence-electron chi connectivity index (χ0n) is 11.3. The number of rotatable bonds is 7. The largest absolute Gasteiger partial charge is 0.463 e. The molecule has 106 valence electrons. The van der Waals surface area contributed by atoms with Gasteiger partial charge in [0.25, 0.3) is 0 Å². The number of primary amides is 1. The smallest absolute Gasteiger partial charge is 0.322 e. The van der Waals surface area contributed by atoms with Crippen LogP contribution in [0.5, 0.6) is 6.01 Å². The second kappa shape index (κ2) is 7.08. The minimum absolute atomic E-state index is 0.00519. The fraction of sp³-hybridized carbons (Fsp3) is 0.636. The molecule has 8 heteroatoms. The highest BCUT2D eigenvalue weighted by molar-refractivity contribution is 6.28. The van der Waals surface area contributed by atoms with Crippen LogP contribution < -0.4 is 15.4 Å². The van der Waals surface area contributed by atoms with Gasteiger partial charge in [0, 0.05) is 6.04 Å². The Hall–Kier alpha value is -1.63. The zero-order valence-corrected chi connectivity index (χ0v) is 12.0. The first kappa shape index (κ1) is 15.4. The summed E-state index contributed by atoms with van der Waals surface area (Å²) in [5.74, 6) is -0.193. The predicted octanol–water partition coefficient (Wildman–Crippen LogP) is 1.01. The summed E-state index contributed by atoms with van der Waals surface area (Å²) in [5, 5.41) is 0.0197. The highest BCUT2D eigenvalue weighted by atomic mass is 35.5. The average molecular weight is 288 g/mol. The van der Waals surface area contributed by atoms with Crippen LogP contribution in [-0.4, -0.2) is 40.1 Å². The number of anilines is 1. The molecule has 1 amide bonds. The van der Waals surface area contributed by atoms with Gasteiger partial charge in [-0.15, -0.1) is 0 Å². The van der Waals surface area contributed by atoms with Gasteiger partial charge in [0.2, 0.25) is 17.1 Å². The van der Waals surface area contributed by atoms with Crippen LogP contribution in [-0.2, 0) is 4.79 Å². The molecule has 0 saturated carbocycles. The highest BCUT2D eigenvalue weighted by Gasteiger charge is 2.18. The van der Waals surface area contributed by atoms with Gasteiger partial charge in [-0.25, -0.2) is 0 Å². The minimum atomic E-state index is -0.471. The van der Waals surface area contributed by atoms with Gasteiger partial charge >= 0.3 is 6.01 Å². The monoisotopic (exact) mass is 287 g/mol. The lowest BCUT2D eigenvalue weighted by atomic mass is 10.3. The lowest BCUT2D eigenvalue weighted by molar-refractivity contribution is -0.116. The van der Waals surface area contributed by atoms with Crippen molar-refractivity contribution >= 4 is 23.5 Å². The third kappa shape index (κ3) is 4.86. The summed E-state index contributed by atoms with van der Waals surface area (Å²) in [6.45, 7) is 6.25. The summed E-state index contributed by atoms with van der Waals surface area (Å²) < 4.78 is 5.32. The summed E-state index contributed by atoms with van der Waals surface area (Å²) in [6, 6.07) is 0.136. The van der Waals surface area contributed by atoms with Gasteiger partial charge in [0.15, 0.2) is 0 Å². The normalized spacial score (nSPS) is 10.6. The van der Waals surface area contributed by atoms with Gasteiger partial charge in [0.1, 0.15) is 0 Å². The summed E-state index contributed by atoms with van der Waals surface area (Å²) in [5.41, 5.74) is 5.21. The van der Waals surface area contributed by atoms with E-state index in [4.69, 9.17) is 22.1 Å². The van der Waals surface area contributed by atoms with Gasteiger partial charge in [-0.2, -0.15) is 15.0 Å². The Labute approximate surface area is 117 Å². The summed E-state index contributed by atoms with van der Waals surface area (Å²) in [6.07, 6.45) is 0.827. The van der Waals surface area contributed by atoms with E-state index < -0.39 is 5.91 Å². The molecule has 1 aromatic heterocycles. The van der Waals surface area contributed by atoms with Gasteiger partial charge < -0.3 is 15.4 Å². The molecule has 0 unspecified atom stereocenters. The molecule has 0 saturated heterocycles. The number of carbonyl (C=O) groups is 1. The Morgan fingerprint density at radius 1 is 1.42 bits per heavy atom. The van der Waals surface area contributed by atoms with Gasteiger partial charge in [-0.1, -0.05) is 6.92 Å². The third-order valence-corrected chi connectivity index (χ3v) is 2.39. The third-order valence-electron chi connectivity index (χ3n) is 2.22. The summed E-state index contributed by atoms with van der Waals surface area (Å²) in [4.78, 5) is 24.7. The fourth-order valence-corrected chi connectivity index (χ4v) is 1.51. The first-order chi connectivity index (χ1) is 8.93. The van der Waals surface area contributed by atoms with E-state index in [-0.39, 0.29) is 29.8 Å². The van der Waals surface area contributed by atoms with Crippen LogP contribution in [0.15, 0.2) is 0 Å². The number of nitrogens with two attached hydrogens (primary N) is 1. The molecule has 0 atom stereocenters. The van der Waals surface area contributed by atoms with Crippen LogP contribution in [0, 0.1) is 0 Å². The summed E-state index contributed by atoms with van der Waals surface area (Å²) in [7, 11) is 0. The van der Waals surface area contributed by atoms with Gasteiger partial charge in [-0.3, -0.25) is 4.79 Å². The van der Waals surface area contributed by atoms with Crippen molar-refractivity contribution in [3.05, 3.63) is 5.28 Å². The van der Waals surface area contributed by atoms with E-state index in [1.54, 1.807) is 4.90 Å². The fourth-order valence-electron chi connectivity index (χ4n) is 1.36. The molecule has 1 rings (SSSR count). The van der Waals surface area contributed by atoms with Crippen molar-refractivity contribution in [2.45, 2.75) is 33.2 Å². The van der Waals surface area contributed by atoms with Crippen molar-refractivity contribution in [2.24, 2.45) is 5.73 Å². The van der Waals surface area contributed by atoms with Crippen LogP contribution in [0.25, 0.3) is 0 Å². The van der Waals surface area contributed by atoms with E-state index in [0.717, 1.165) is 6.42 Å². The zero-order chi connectivity index (χ0) is 14.4. The van der Waals surface area contributed by atoms with E-state index >= 15 is 0 Å². The number of hydrogen-bond acceptors (Lipinski definition) is 6. The van der Waals surface area contributed by atoms with E-state index in [0.29, 0.717) is 6.61 Å². The molecular weight excluding hydrogens is 270 g/mol. The number of hydrogen-bond donors (Lipinski definition) is 1. The van der Waals surface area contributed by atoms with E-state index in [2.05, 4.69) is 15.0 Å². The minimum Gasteiger partial charge on any atom is -0.463 e. The Kier molecular flexibility index (Phi) is 5.75. The van der Waals surface area contributed by atoms with Crippen molar-refractivity contribution in [1.29, 1.82) is 0 Å². The van der Waals surface area contributed by atoms with Crippen LogP contribution in [0.3, 0.4) is 0 Å². The quantitative estimate of drug-likeness (QED) is 0.804. The second-order valence-corrected chi connectivity index (χ2v) is 4.56. The van der Waals surface area contributed by atoms with E-state index in [1.807, 2.05) is 20.8 Å². The van der Waals surface area contributed by atoms with Crippen LogP contribution in [0.2, 0.25) is 5.28 Å². The van der Waals surface area contributed by atoms with Crippen molar-refractivity contribution in [3.8, 4) is 6.01 Å². The lowest BCUT2D eigenvalue weighted by Gasteiger charge is -2.25. The van der Waals surface area contributed by atoms with Gasteiger partial charge in [-0.05, 0) is 31.9 Å². The standard InChI is InChI=1S/C11H18ClN5O2/c1-4-5-19-11-15-9(12)14-10(16-11)17(7(2)3)6-8(13)18/h7H,4-6H2,1-3H3,(H2,13,18). The summed E-state index contributed by atoms with van der Waals surface area (Å²) >= 11 is 5.83. The molecule has 2 N–H and O–H groups in total. The molecule has 1 aromatic rings. The van der Waals surface area contributed by atoms with Crippen LogP contribution in [0.4, 0.5) is 5.95 Å². The van der Waals surface area contributed by atoms with E-state index in [1.165, 1.54) is 0 Å². The number of aromatic nitrogens is 3. The molecule has 0 aliphatic heterocycles. The molecule has 19 heavy (non-hydrogen) atoms. The Bertz CT molecular complexity index is 441. The Morgan fingerprint density at radius 3 is 2.63 bits per heavy atom. The van der Waals surface area contributed by atoms with E-state index in [9.17, 15) is 4.79 Å². The number of nitrogens with zero attached hydrogens (tertiary/aromatic N) is 4. The lowest BCUT2D eigenvalue weighted by Crippen LogP contribution is -2.39. The Morgan fingerprint density at radius 2 is 2.11 bits per heavy atom. The molecule has 0 aromatic carbocycles. The molecule has 0 radical (unpaired) electrons. The molecule has 0 bridgehead atoms. The first-order valence-electron chi connectivity index (χ1n) is 6.03. The van der Waals surface area contributed by atoms with Crippen LogP contribution in [0.1, 0.15) is 27.2 Å². The van der Waals surface area contributed by atoms with Crippen LogP contribution >= 0.6 is 11.6 Å². The predicted molar refractivity (Wildman–Crippen MR) is 72.3 cm³/mol. The van der Waals surface area contributed by atoms with Crippen molar-refractivity contribution in [2.75, 3.05) is 18.1 Å². The first-order valence-corrected chi connectivity index (χ1v) is 6.41. The van der Waals surface area contributed by atoms with Crippen molar-refractivity contribution in [1.82, 2.24) is 15.0 Å². The highest BCUT2D eigenvalue weighted by Crippen LogP contribution is 2.17. The number of ether oxygens (including phenoxy) is 1. The molecule has 0 aliphatic carbocycles. The molecule has 0 spiro atoms.